The largest absolute Gasteiger partial charge is 0.396 e. The Morgan fingerprint density at radius 1 is 1.24 bits per heavy atom. The maximum atomic E-state index is 11.8. The third-order valence-electron chi connectivity index (χ3n) is 3.28. The van der Waals surface area contributed by atoms with Gasteiger partial charge in [-0.05, 0) is 36.8 Å². The number of rotatable bonds is 8. The van der Waals surface area contributed by atoms with Crippen molar-refractivity contribution in [1.82, 2.24) is 4.72 Å². The van der Waals surface area contributed by atoms with E-state index in [2.05, 4.69) is 4.72 Å². The van der Waals surface area contributed by atoms with Gasteiger partial charge in [-0.15, -0.1) is 0 Å². The molecule has 0 saturated carbocycles. The highest BCUT2D eigenvalue weighted by atomic mass is 32.2. The summed E-state index contributed by atoms with van der Waals surface area (Å²) in [6.45, 7) is 6.38. The first kappa shape index (κ1) is 17.9. The Kier molecular flexibility index (Phi) is 6.58. The minimum Gasteiger partial charge on any atom is -0.396 e. The van der Waals surface area contributed by atoms with Gasteiger partial charge in [-0.3, -0.25) is 0 Å². The van der Waals surface area contributed by atoms with Crippen molar-refractivity contribution in [2.24, 2.45) is 5.41 Å². The van der Waals surface area contributed by atoms with Gasteiger partial charge in [-0.2, -0.15) is 0 Å². The third-order valence-corrected chi connectivity index (χ3v) is 4.38. The average Bonchev–Trinajstić information content (AvgIpc) is 2.43. The molecule has 0 aliphatic carbocycles. The van der Waals surface area contributed by atoms with E-state index in [1.807, 2.05) is 45.0 Å². The number of aliphatic hydroxyl groups excluding tert-OH is 1. The molecule has 0 radical (unpaired) electrons. The van der Waals surface area contributed by atoms with Crippen LogP contribution >= 0.6 is 0 Å². The third kappa shape index (κ3) is 7.41. The van der Waals surface area contributed by atoms with Crippen molar-refractivity contribution < 1.29 is 13.5 Å². The van der Waals surface area contributed by atoms with Crippen LogP contribution in [0.4, 0.5) is 0 Å². The zero-order chi connectivity index (χ0) is 15.9. The molecule has 0 amide bonds. The maximum absolute atomic E-state index is 11.8. The Morgan fingerprint density at radius 3 is 2.43 bits per heavy atom. The molecule has 0 fully saturated rings. The van der Waals surface area contributed by atoms with Gasteiger partial charge < -0.3 is 5.11 Å². The van der Waals surface area contributed by atoms with Crippen molar-refractivity contribution in [1.29, 1.82) is 0 Å². The van der Waals surface area contributed by atoms with Crippen LogP contribution in [0.3, 0.4) is 0 Å². The molecule has 1 aromatic rings. The summed E-state index contributed by atoms with van der Waals surface area (Å²) in [5, 5.41) is 10.3. The van der Waals surface area contributed by atoms with Gasteiger partial charge in [0.25, 0.3) is 0 Å². The van der Waals surface area contributed by atoms with E-state index in [1.165, 1.54) is 5.41 Å². The van der Waals surface area contributed by atoms with E-state index in [4.69, 9.17) is 5.11 Å². The number of hydrogen-bond donors (Lipinski definition) is 2. The van der Waals surface area contributed by atoms with Crippen LogP contribution in [0.25, 0.3) is 6.08 Å². The maximum Gasteiger partial charge on any atom is 0.233 e. The smallest absolute Gasteiger partial charge is 0.233 e. The molecule has 0 spiro atoms. The van der Waals surface area contributed by atoms with Crippen LogP contribution in [-0.4, -0.2) is 26.7 Å². The highest BCUT2D eigenvalue weighted by Gasteiger charge is 2.15. The molecule has 0 saturated heterocycles. The Morgan fingerprint density at radius 2 is 1.86 bits per heavy atom. The predicted molar refractivity (Wildman–Crippen MR) is 87.2 cm³/mol. The van der Waals surface area contributed by atoms with Gasteiger partial charge in [0.05, 0.1) is 0 Å². The van der Waals surface area contributed by atoms with E-state index in [0.29, 0.717) is 13.0 Å². The highest BCUT2D eigenvalue weighted by Crippen LogP contribution is 2.20. The normalized spacial score (nSPS) is 13.0. The van der Waals surface area contributed by atoms with Crippen LogP contribution in [0.1, 0.15) is 37.8 Å². The summed E-state index contributed by atoms with van der Waals surface area (Å²) < 4.78 is 26.2. The molecule has 0 aliphatic heterocycles. The Hall–Kier alpha value is -1.17. The van der Waals surface area contributed by atoms with E-state index in [-0.39, 0.29) is 12.0 Å². The van der Waals surface area contributed by atoms with E-state index < -0.39 is 10.0 Å². The molecule has 118 valence electrons. The van der Waals surface area contributed by atoms with Gasteiger partial charge in [0.15, 0.2) is 0 Å². The number of aliphatic hydroxyl groups is 1. The van der Waals surface area contributed by atoms with Crippen LogP contribution in [0.2, 0.25) is 0 Å². The molecule has 2 N–H and O–H groups in total. The standard InChI is InChI=1S/C16H25NO3S/c1-14-5-7-15(8-6-14)9-12-21(19,20)17-11-4-10-16(2,3)13-18/h5-9,12,17-18H,4,10-11,13H2,1-3H3/b12-9+. The second-order valence-electron chi connectivity index (χ2n) is 6.08. The van der Waals surface area contributed by atoms with Crippen molar-refractivity contribution in [2.75, 3.05) is 13.2 Å². The first-order valence-electron chi connectivity index (χ1n) is 7.09. The van der Waals surface area contributed by atoms with Gasteiger partial charge in [0.1, 0.15) is 0 Å². The van der Waals surface area contributed by atoms with E-state index in [1.54, 1.807) is 6.08 Å². The van der Waals surface area contributed by atoms with E-state index in [0.717, 1.165) is 17.5 Å². The monoisotopic (exact) mass is 311 g/mol. The van der Waals surface area contributed by atoms with Gasteiger partial charge in [-0.1, -0.05) is 43.7 Å². The lowest BCUT2D eigenvalue weighted by Gasteiger charge is -2.20. The molecule has 5 heteroatoms. The molecule has 1 aromatic carbocycles. The van der Waals surface area contributed by atoms with Gasteiger partial charge in [-0.25, -0.2) is 13.1 Å². The molecule has 0 heterocycles. The summed E-state index contributed by atoms with van der Waals surface area (Å²) in [6.07, 6.45) is 3.05. The lowest BCUT2D eigenvalue weighted by Crippen LogP contribution is -2.24. The summed E-state index contributed by atoms with van der Waals surface area (Å²) in [5.41, 5.74) is 1.83. The number of aryl methyl sites for hydroxylation is 1. The fraction of sp³-hybridized carbons (Fsp3) is 0.500. The minimum atomic E-state index is -3.41. The molecule has 1 rings (SSSR count). The molecule has 0 bridgehead atoms. The molecule has 4 nitrogen and oxygen atoms in total. The van der Waals surface area contributed by atoms with Crippen LogP contribution in [0, 0.1) is 12.3 Å². The molecule has 0 unspecified atom stereocenters. The lowest BCUT2D eigenvalue weighted by atomic mass is 9.89. The van der Waals surface area contributed by atoms with Crippen LogP contribution in [0.5, 0.6) is 0 Å². The Balaban J connectivity index is 2.45. The van der Waals surface area contributed by atoms with Crippen molar-refractivity contribution in [2.45, 2.75) is 33.6 Å². The quantitative estimate of drug-likeness (QED) is 0.725. The number of nitrogens with one attached hydrogen (secondary N) is 1. The molecule has 0 atom stereocenters. The second-order valence-corrected chi connectivity index (χ2v) is 7.73. The lowest BCUT2D eigenvalue weighted by molar-refractivity contribution is 0.148. The summed E-state index contributed by atoms with van der Waals surface area (Å²) >= 11 is 0. The summed E-state index contributed by atoms with van der Waals surface area (Å²) in [6, 6.07) is 7.64. The number of sulfonamides is 1. The van der Waals surface area contributed by atoms with Crippen molar-refractivity contribution in [3.05, 3.63) is 40.8 Å². The summed E-state index contributed by atoms with van der Waals surface area (Å²) in [7, 11) is -3.41. The van der Waals surface area contributed by atoms with Crippen molar-refractivity contribution in [3.8, 4) is 0 Å². The van der Waals surface area contributed by atoms with Gasteiger partial charge >= 0.3 is 0 Å². The topological polar surface area (TPSA) is 66.4 Å². The molecular weight excluding hydrogens is 286 g/mol. The summed E-state index contributed by atoms with van der Waals surface area (Å²) in [5.74, 6) is 0. The van der Waals surface area contributed by atoms with Crippen LogP contribution in [0.15, 0.2) is 29.7 Å². The average molecular weight is 311 g/mol. The van der Waals surface area contributed by atoms with Crippen LogP contribution < -0.4 is 4.72 Å². The fourth-order valence-corrected chi connectivity index (χ4v) is 2.62. The first-order chi connectivity index (χ1) is 9.74. The Bertz CT molecular complexity index is 560. The second kappa shape index (κ2) is 7.73. The number of hydrogen-bond acceptors (Lipinski definition) is 3. The molecule has 0 aromatic heterocycles. The van der Waals surface area contributed by atoms with Crippen LogP contribution in [-0.2, 0) is 10.0 Å². The summed E-state index contributed by atoms with van der Waals surface area (Å²) in [4.78, 5) is 0. The van der Waals surface area contributed by atoms with E-state index >= 15 is 0 Å². The van der Waals surface area contributed by atoms with Gasteiger partial charge in [0, 0.05) is 18.6 Å². The molecular formula is C16H25NO3S. The predicted octanol–water partition coefficient (Wildman–Crippen LogP) is 2.68. The van der Waals surface area contributed by atoms with Gasteiger partial charge in [0.2, 0.25) is 10.0 Å². The highest BCUT2D eigenvalue weighted by molar-refractivity contribution is 7.92. The van der Waals surface area contributed by atoms with E-state index in [9.17, 15) is 8.42 Å². The van der Waals surface area contributed by atoms with Crippen molar-refractivity contribution in [3.63, 3.8) is 0 Å². The molecule has 21 heavy (non-hydrogen) atoms. The first-order valence-corrected chi connectivity index (χ1v) is 8.64. The zero-order valence-corrected chi connectivity index (χ0v) is 13.8. The minimum absolute atomic E-state index is 0.104. The SMILES string of the molecule is Cc1ccc(/C=C/S(=O)(=O)NCCCC(C)(C)CO)cc1. The van der Waals surface area contributed by atoms with Crippen molar-refractivity contribution >= 4 is 16.1 Å². The fourth-order valence-electron chi connectivity index (χ4n) is 1.75. The number of benzene rings is 1. The zero-order valence-electron chi connectivity index (χ0n) is 13.0. The Labute approximate surface area is 127 Å². The molecule has 0 aliphatic rings.